The summed E-state index contributed by atoms with van der Waals surface area (Å²) in [6.07, 6.45) is 3.61. The summed E-state index contributed by atoms with van der Waals surface area (Å²) >= 11 is 1.51. The van der Waals surface area contributed by atoms with Gasteiger partial charge >= 0.3 is 0 Å². The van der Waals surface area contributed by atoms with Crippen LogP contribution in [-0.2, 0) is 13.6 Å². The lowest BCUT2D eigenvalue weighted by molar-refractivity contribution is 0.0980. The maximum Gasteiger partial charge on any atom is 0.280 e. The topological polar surface area (TPSA) is 68.8 Å². The molecule has 26 heavy (non-hydrogen) atoms. The monoisotopic (exact) mass is 366 g/mol. The minimum absolute atomic E-state index is 0.153. The molecule has 0 atom stereocenters. The fourth-order valence-electron chi connectivity index (χ4n) is 2.70. The Balaban J connectivity index is 1.69. The minimum atomic E-state index is -0.153. The number of nitrogens with zero attached hydrogens (tertiary/aromatic N) is 6. The summed E-state index contributed by atoms with van der Waals surface area (Å²) in [4.78, 5) is 19.5. The van der Waals surface area contributed by atoms with Crippen LogP contribution in [0.15, 0.2) is 48.8 Å². The molecule has 0 N–H and O–H groups in total. The molecule has 0 fully saturated rings. The fraction of sp³-hybridized carbons (Fsp3) is 0.222. The minimum Gasteiger partial charge on any atom is -0.281 e. The Bertz CT molecular complexity index is 996. The van der Waals surface area contributed by atoms with Crippen molar-refractivity contribution in [2.45, 2.75) is 13.5 Å². The number of hydrogen-bond donors (Lipinski definition) is 0. The van der Waals surface area contributed by atoms with E-state index >= 15 is 0 Å². The highest BCUT2D eigenvalue weighted by atomic mass is 32.1. The first-order valence-corrected chi connectivity index (χ1v) is 9.09. The summed E-state index contributed by atoms with van der Waals surface area (Å²) in [7, 11) is 1.83. The van der Waals surface area contributed by atoms with Crippen LogP contribution < -0.4 is 4.90 Å². The maximum atomic E-state index is 13.1. The van der Waals surface area contributed by atoms with Crippen LogP contribution in [0.2, 0.25) is 0 Å². The van der Waals surface area contributed by atoms with Crippen molar-refractivity contribution in [3.8, 4) is 0 Å². The zero-order chi connectivity index (χ0) is 18.1. The van der Waals surface area contributed by atoms with Crippen LogP contribution in [0, 0.1) is 6.92 Å². The number of carbonyl (C=O) groups excluding carboxylic acids is 1. The van der Waals surface area contributed by atoms with Gasteiger partial charge in [0.1, 0.15) is 0 Å². The number of aryl methyl sites for hydroxylation is 2. The van der Waals surface area contributed by atoms with Crippen LogP contribution in [0.1, 0.15) is 16.2 Å². The van der Waals surface area contributed by atoms with Crippen molar-refractivity contribution < 1.29 is 4.79 Å². The van der Waals surface area contributed by atoms with E-state index < -0.39 is 0 Å². The molecule has 3 aromatic heterocycles. The Kier molecular flexibility index (Phi) is 4.26. The zero-order valence-electron chi connectivity index (χ0n) is 14.5. The lowest BCUT2D eigenvalue weighted by Crippen LogP contribution is -2.34. The predicted octanol–water partition coefficient (Wildman–Crippen LogP) is 2.88. The highest BCUT2D eigenvalue weighted by molar-refractivity contribution is 7.22. The van der Waals surface area contributed by atoms with Gasteiger partial charge < -0.3 is 0 Å². The Hall–Kier alpha value is -3.00. The van der Waals surface area contributed by atoms with Crippen molar-refractivity contribution in [2.75, 3.05) is 11.4 Å². The number of fused-ring (bicyclic) bond motifs is 1. The second kappa shape index (κ2) is 6.72. The van der Waals surface area contributed by atoms with E-state index in [4.69, 9.17) is 0 Å². The molecular weight excluding hydrogens is 348 g/mol. The van der Waals surface area contributed by atoms with Crippen LogP contribution in [-0.4, -0.2) is 37.0 Å². The molecule has 0 aliphatic heterocycles. The Morgan fingerprint density at radius 2 is 2.12 bits per heavy atom. The van der Waals surface area contributed by atoms with E-state index in [-0.39, 0.29) is 5.91 Å². The van der Waals surface area contributed by atoms with Gasteiger partial charge in [0.2, 0.25) is 0 Å². The molecule has 0 spiro atoms. The molecule has 4 aromatic rings. The van der Waals surface area contributed by atoms with Crippen LogP contribution in [0.5, 0.6) is 0 Å². The number of aromatic nitrogens is 5. The van der Waals surface area contributed by atoms with Gasteiger partial charge in [-0.3, -0.25) is 19.1 Å². The third kappa shape index (κ3) is 3.11. The summed E-state index contributed by atoms with van der Waals surface area (Å²) in [6, 6.07) is 11.6. The van der Waals surface area contributed by atoms with E-state index in [1.165, 1.54) is 11.3 Å². The van der Waals surface area contributed by atoms with Crippen molar-refractivity contribution in [2.24, 2.45) is 7.05 Å². The quantitative estimate of drug-likeness (QED) is 0.545. The predicted molar refractivity (Wildman–Crippen MR) is 101 cm³/mol. The Morgan fingerprint density at radius 3 is 2.81 bits per heavy atom. The summed E-state index contributed by atoms with van der Waals surface area (Å²) < 4.78 is 4.56. The Labute approximate surface area is 154 Å². The van der Waals surface area contributed by atoms with E-state index in [1.807, 2.05) is 50.5 Å². The van der Waals surface area contributed by atoms with Gasteiger partial charge in [0, 0.05) is 31.7 Å². The summed E-state index contributed by atoms with van der Waals surface area (Å²) in [5.74, 6) is -0.153. The first kappa shape index (κ1) is 16.5. The largest absolute Gasteiger partial charge is 0.281 e. The van der Waals surface area contributed by atoms with Crippen LogP contribution in [0.4, 0.5) is 5.13 Å². The Morgan fingerprint density at radius 1 is 1.27 bits per heavy atom. The fourth-order valence-corrected chi connectivity index (χ4v) is 3.69. The van der Waals surface area contributed by atoms with Crippen molar-refractivity contribution in [3.63, 3.8) is 0 Å². The number of thiazole rings is 1. The zero-order valence-corrected chi connectivity index (χ0v) is 15.3. The lowest BCUT2D eigenvalue weighted by atomic mass is 10.3. The molecule has 0 saturated carbocycles. The SMILES string of the molecule is Cc1cc(C(=O)N(CCn2cccn2)c2nc3ccccc3s2)nn1C. The van der Waals surface area contributed by atoms with Crippen molar-refractivity contribution >= 4 is 32.6 Å². The highest BCUT2D eigenvalue weighted by Gasteiger charge is 2.23. The average molecular weight is 366 g/mol. The van der Waals surface area contributed by atoms with E-state index in [0.29, 0.717) is 23.9 Å². The number of amides is 1. The number of anilines is 1. The van der Waals surface area contributed by atoms with Gasteiger partial charge in [-0.1, -0.05) is 23.5 Å². The number of hydrogen-bond acceptors (Lipinski definition) is 5. The molecule has 8 heteroatoms. The highest BCUT2D eigenvalue weighted by Crippen LogP contribution is 2.29. The third-order valence-corrected chi connectivity index (χ3v) is 5.26. The van der Waals surface area contributed by atoms with Crippen molar-refractivity contribution in [3.05, 3.63) is 60.2 Å². The van der Waals surface area contributed by atoms with Crippen LogP contribution in [0.25, 0.3) is 10.2 Å². The maximum absolute atomic E-state index is 13.1. The normalized spacial score (nSPS) is 11.2. The van der Waals surface area contributed by atoms with E-state index in [0.717, 1.165) is 15.9 Å². The number of carbonyl (C=O) groups is 1. The standard InChI is InChI=1S/C18H18N6OS/c1-13-12-15(21-22(13)2)17(25)24(11-10-23-9-5-8-19-23)18-20-14-6-3-4-7-16(14)26-18/h3-9,12H,10-11H2,1-2H3. The molecule has 132 valence electrons. The first-order valence-electron chi connectivity index (χ1n) is 8.27. The van der Waals surface area contributed by atoms with Crippen molar-refractivity contribution in [1.82, 2.24) is 24.5 Å². The first-order chi connectivity index (χ1) is 12.6. The second-order valence-corrected chi connectivity index (χ2v) is 6.99. The molecule has 4 rings (SSSR count). The molecule has 7 nitrogen and oxygen atoms in total. The number of para-hydroxylation sites is 1. The third-order valence-electron chi connectivity index (χ3n) is 4.20. The van der Waals surface area contributed by atoms with Gasteiger partial charge in [-0.15, -0.1) is 0 Å². The molecule has 0 aliphatic rings. The number of benzene rings is 1. The molecule has 3 heterocycles. The molecule has 0 unspecified atom stereocenters. The lowest BCUT2D eigenvalue weighted by Gasteiger charge is -2.18. The molecule has 0 radical (unpaired) electrons. The van der Waals surface area contributed by atoms with Gasteiger partial charge in [-0.05, 0) is 31.2 Å². The van der Waals surface area contributed by atoms with E-state index in [2.05, 4.69) is 15.2 Å². The molecule has 1 amide bonds. The molecular formula is C18H18N6OS. The molecule has 0 aliphatic carbocycles. The van der Waals surface area contributed by atoms with Gasteiger partial charge in [0.05, 0.1) is 16.8 Å². The van der Waals surface area contributed by atoms with Crippen LogP contribution >= 0.6 is 11.3 Å². The van der Waals surface area contributed by atoms with Gasteiger partial charge in [-0.25, -0.2) is 4.98 Å². The number of rotatable bonds is 5. The van der Waals surface area contributed by atoms with Gasteiger partial charge in [0.15, 0.2) is 10.8 Å². The second-order valence-electron chi connectivity index (χ2n) is 5.98. The summed E-state index contributed by atoms with van der Waals surface area (Å²) in [5.41, 5.74) is 2.25. The van der Waals surface area contributed by atoms with E-state index in [1.54, 1.807) is 26.5 Å². The smallest absolute Gasteiger partial charge is 0.280 e. The average Bonchev–Trinajstić information content (AvgIpc) is 3.36. The summed E-state index contributed by atoms with van der Waals surface area (Å²) in [6.45, 7) is 2.98. The van der Waals surface area contributed by atoms with E-state index in [9.17, 15) is 4.79 Å². The van der Waals surface area contributed by atoms with Gasteiger partial charge in [0.25, 0.3) is 5.91 Å². The van der Waals surface area contributed by atoms with Crippen LogP contribution in [0.3, 0.4) is 0 Å². The molecule has 0 bridgehead atoms. The molecule has 0 saturated heterocycles. The van der Waals surface area contributed by atoms with Gasteiger partial charge in [-0.2, -0.15) is 10.2 Å². The molecule has 1 aromatic carbocycles. The summed E-state index contributed by atoms with van der Waals surface area (Å²) in [5, 5.41) is 9.23. The van der Waals surface area contributed by atoms with Crippen molar-refractivity contribution in [1.29, 1.82) is 0 Å².